The normalized spacial score (nSPS) is 42.3. The first-order chi connectivity index (χ1) is 28.2. The van der Waals surface area contributed by atoms with Gasteiger partial charge in [0.15, 0.2) is 18.9 Å². The molecule has 5 aliphatic rings. The van der Waals surface area contributed by atoms with Gasteiger partial charge in [0, 0.05) is 31.1 Å². The number of rotatable bonds is 12. The number of aliphatic hydroxyl groups excluding tert-OH is 7. The van der Waals surface area contributed by atoms with Crippen molar-refractivity contribution in [1.29, 1.82) is 0 Å². The molecule has 21 heteroatoms. The van der Waals surface area contributed by atoms with Gasteiger partial charge in [0.25, 0.3) is 0 Å². The van der Waals surface area contributed by atoms with Gasteiger partial charge in [-0.2, -0.15) is 0 Å². The van der Waals surface area contributed by atoms with Crippen LogP contribution in [0.3, 0.4) is 0 Å². The Kier molecular flexibility index (Phi) is 13.8. The van der Waals surface area contributed by atoms with Crippen LogP contribution < -0.4 is 34.0 Å². The highest BCUT2D eigenvalue weighted by Crippen LogP contribution is 2.44. The van der Waals surface area contributed by atoms with Gasteiger partial charge < -0.3 is 103 Å². The first-order valence-electron chi connectivity index (χ1n) is 19.7. The van der Waals surface area contributed by atoms with Crippen LogP contribution >= 0.6 is 0 Å². The van der Waals surface area contributed by atoms with Crippen LogP contribution in [0.2, 0.25) is 0 Å². The predicted molar refractivity (Wildman–Crippen MR) is 202 cm³/mol. The van der Waals surface area contributed by atoms with Crippen molar-refractivity contribution in [1.82, 2.24) is 5.32 Å². The lowest BCUT2D eigenvalue weighted by Crippen LogP contribution is -2.68. The van der Waals surface area contributed by atoms with E-state index in [-0.39, 0.29) is 32.0 Å². The molecule has 59 heavy (non-hydrogen) atoms. The van der Waals surface area contributed by atoms with E-state index in [0.717, 1.165) is 22.3 Å². The average Bonchev–Trinajstić information content (AvgIpc) is 3.72. The number of aliphatic hydroxyl groups is 7. The number of ether oxygens (including phenoxy) is 7. The van der Waals surface area contributed by atoms with Crippen LogP contribution in [-0.4, -0.2) is 184 Å². The molecule has 2 aromatic carbocycles. The number of carbonyl (C=O) groups excluding carboxylic acids is 1. The number of nitrogens with two attached hydrogens (primary N) is 5. The number of nitrogens with one attached hydrogen (secondary N) is 1. The average molecular weight is 837 g/mol. The Morgan fingerprint density at radius 1 is 0.644 bits per heavy atom. The van der Waals surface area contributed by atoms with Crippen LogP contribution in [0.25, 0.3) is 11.1 Å². The molecular formula is C38H56N6O15. The molecule has 21 nitrogen and oxygen atoms in total. The fourth-order valence-electron chi connectivity index (χ4n) is 8.55. The minimum Gasteiger partial charge on any atom is -0.449 e. The molecule has 4 fully saturated rings. The van der Waals surface area contributed by atoms with E-state index < -0.39 is 129 Å². The highest BCUT2D eigenvalue weighted by molar-refractivity contribution is 5.79. The third-order valence-corrected chi connectivity index (χ3v) is 11.9. The van der Waals surface area contributed by atoms with E-state index in [1.165, 1.54) is 0 Å². The molecule has 3 aliphatic heterocycles. The fourth-order valence-corrected chi connectivity index (χ4v) is 8.55. The van der Waals surface area contributed by atoms with E-state index >= 15 is 0 Å². The van der Waals surface area contributed by atoms with Crippen LogP contribution in [0.4, 0.5) is 4.79 Å². The molecule has 3 heterocycles. The summed E-state index contributed by atoms with van der Waals surface area (Å²) < 4.78 is 41.1. The van der Waals surface area contributed by atoms with Gasteiger partial charge in [-0.25, -0.2) is 4.79 Å². The highest BCUT2D eigenvalue weighted by atomic mass is 16.8. The van der Waals surface area contributed by atoms with E-state index in [9.17, 15) is 40.5 Å². The van der Waals surface area contributed by atoms with E-state index in [2.05, 4.69) is 5.32 Å². The number of alkyl carbamates (subject to hydrolysis) is 1. The molecule has 0 aromatic heterocycles. The molecule has 7 rings (SSSR count). The monoisotopic (exact) mass is 836 g/mol. The standard InChI is InChI=1S/C38H56N6O15/c39-10-21-27(47)29(49)24(42)35(54-21)58-33-23(12-45)56-37(31(33)51)59-34-26(46)19(40)9-20(41)32(34)57-36-25(43)30(50)28(48)22(55-36)11-44-38(52)53-13-18-16-7-3-1-5-14(16)15-6-2-4-8-17(15)18/h1-8,18-37,45-51H,9-13,39-43H2,(H,44,52). The quantitative estimate of drug-likeness (QED) is 0.0949. The van der Waals surface area contributed by atoms with Crippen molar-refractivity contribution in [2.24, 2.45) is 28.7 Å². The van der Waals surface area contributed by atoms with Crippen LogP contribution in [-0.2, 0) is 33.2 Å². The topological polar surface area (TPSA) is 365 Å². The molecule has 19 unspecified atom stereocenters. The zero-order valence-corrected chi connectivity index (χ0v) is 32.0. The van der Waals surface area contributed by atoms with Gasteiger partial charge in [0.2, 0.25) is 0 Å². The number of hydrogen-bond acceptors (Lipinski definition) is 20. The zero-order chi connectivity index (χ0) is 42.3. The van der Waals surface area contributed by atoms with Crippen LogP contribution in [0, 0.1) is 0 Å². The van der Waals surface area contributed by atoms with Crippen molar-refractivity contribution in [2.45, 2.75) is 129 Å². The lowest BCUT2D eigenvalue weighted by Gasteiger charge is -2.47. The number of carbonyl (C=O) groups is 1. The molecule has 0 bridgehead atoms. The fraction of sp³-hybridized carbons (Fsp3) is 0.658. The van der Waals surface area contributed by atoms with Crippen molar-refractivity contribution in [3.05, 3.63) is 59.7 Å². The Balaban J connectivity index is 0.988. The number of benzene rings is 2. The molecule has 1 saturated carbocycles. The summed E-state index contributed by atoms with van der Waals surface area (Å²) in [7, 11) is 0. The van der Waals surface area contributed by atoms with Gasteiger partial charge in [0.1, 0.15) is 73.8 Å². The maximum atomic E-state index is 13.0. The molecule has 328 valence electrons. The SMILES string of the molecule is NCC1OC(OC2C(CO)OC(OC3C(O)C(N)CC(N)C3OC3OC(CNC(=O)OCC4c5ccccc5-c5ccccc54)C(O)C(O)C3N)C2O)C(N)C(O)C1O. The third kappa shape index (κ3) is 8.73. The van der Waals surface area contributed by atoms with Gasteiger partial charge in [-0.3, -0.25) is 0 Å². The van der Waals surface area contributed by atoms with Crippen molar-refractivity contribution in [2.75, 3.05) is 26.3 Å². The molecule has 0 spiro atoms. The Morgan fingerprint density at radius 2 is 1.17 bits per heavy atom. The smallest absolute Gasteiger partial charge is 0.407 e. The van der Waals surface area contributed by atoms with Crippen molar-refractivity contribution < 1.29 is 73.7 Å². The summed E-state index contributed by atoms with van der Waals surface area (Å²) in [4.78, 5) is 13.0. The predicted octanol–water partition coefficient (Wildman–Crippen LogP) is -5.32. The van der Waals surface area contributed by atoms with Gasteiger partial charge >= 0.3 is 6.09 Å². The number of hydrogen-bond donors (Lipinski definition) is 13. The Hall–Kier alpha value is -3.01. The Morgan fingerprint density at radius 3 is 1.76 bits per heavy atom. The second-order valence-electron chi connectivity index (χ2n) is 15.7. The summed E-state index contributed by atoms with van der Waals surface area (Å²) >= 11 is 0. The third-order valence-electron chi connectivity index (χ3n) is 11.9. The molecule has 18 N–H and O–H groups in total. The number of fused-ring (bicyclic) bond motifs is 3. The van der Waals surface area contributed by atoms with Crippen LogP contribution in [0.5, 0.6) is 0 Å². The van der Waals surface area contributed by atoms with Gasteiger partial charge in [-0.05, 0) is 28.7 Å². The van der Waals surface area contributed by atoms with Crippen LogP contribution in [0.1, 0.15) is 23.5 Å². The molecule has 2 aromatic rings. The summed E-state index contributed by atoms with van der Waals surface area (Å²) in [6.45, 7) is -1.16. The second-order valence-corrected chi connectivity index (χ2v) is 15.7. The minimum absolute atomic E-state index is 0.0259. The second kappa shape index (κ2) is 18.5. The summed E-state index contributed by atoms with van der Waals surface area (Å²) in [6, 6.07) is 11.2. The van der Waals surface area contributed by atoms with Crippen LogP contribution in [0.15, 0.2) is 48.5 Å². The van der Waals surface area contributed by atoms with Crippen molar-refractivity contribution in [3.8, 4) is 11.1 Å². The molecule has 19 atom stereocenters. The minimum atomic E-state index is -1.66. The van der Waals surface area contributed by atoms with E-state index in [1.807, 2.05) is 48.5 Å². The Labute approximate surface area is 339 Å². The number of amides is 1. The van der Waals surface area contributed by atoms with Gasteiger partial charge in [-0.15, -0.1) is 0 Å². The van der Waals surface area contributed by atoms with Gasteiger partial charge in [0.05, 0.1) is 24.8 Å². The molecular weight excluding hydrogens is 780 g/mol. The lowest BCUT2D eigenvalue weighted by atomic mass is 9.84. The summed E-state index contributed by atoms with van der Waals surface area (Å²) in [5.41, 5.74) is 34.8. The summed E-state index contributed by atoms with van der Waals surface area (Å²) in [6.07, 6.45) is -22.0. The lowest BCUT2D eigenvalue weighted by molar-refractivity contribution is -0.307. The highest BCUT2D eigenvalue weighted by Gasteiger charge is 2.54. The van der Waals surface area contributed by atoms with E-state index in [1.54, 1.807) is 0 Å². The maximum Gasteiger partial charge on any atom is 0.407 e. The first-order valence-corrected chi connectivity index (χ1v) is 19.7. The molecule has 3 saturated heterocycles. The first kappa shape index (κ1) is 44.1. The maximum absolute atomic E-state index is 13.0. The largest absolute Gasteiger partial charge is 0.449 e. The molecule has 2 aliphatic carbocycles. The van der Waals surface area contributed by atoms with E-state index in [0.29, 0.717) is 0 Å². The van der Waals surface area contributed by atoms with Crippen molar-refractivity contribution >= 4 is 6.09 Å². The van der Waals surface area contributed by atoms with Crippen molar-refractivity contribution in [3.63, 3.8) is 0 Å². The van der Waals surface area contributed by atoms with Gasteiger partial charge in [-0.1, -0.05) is 48.5 Å². The summed E-state index contributed by atoms with van der Waals surface area (Å²) in [5, 5.41) is 77.8. The van der Waals surface area contributed by atoms with E-state index in [4.69, 9.17) is 61.8 Å². The summed E-state index contributed by atoms with van der Waals surface area (Å²) in [5.74, 6) is -0.193. The molecule has 1 amide bonds. The zero-order valence-electron chi connectivity index (χ0n) is 32.0. The molecule has 0 radical (unpaired) electrons. The Bertz CT molecular complexity index is 1690.